The van der Waals surface area contributed by atoms with E-state index in [4.69, 9.17) is 0 Å². The molecule has 0 aliphatic heterocycles. The molecule has 1 heterocycles. The fourth-order valence-electron chi connectivity index (χ4n) is 1.14. The number of nitrogens with zero attached hydrogens (tertiary/aromatic N) is 1. The van der Waals surface area contributed by atoms with E-state index in [1.54, 1.807) is 11.8 Å². The standard InChI is InChI=1S/C12H17NS/c1-6-10-7-8-11(13-9(10)2)14-12(3,4)5/h6-8H,1H2,2-5H3. The fourth-order valence-corrected chi connectivity index (χ4v) is 2.08. The maximum Gasteiger partial charge on any atom is 0.0968 e. The second kappa shape index (κ2) is 4.18. The lowest BCUT2D eigenvalue weighted by molar-refractivity contribution is 0.798. The lowest BCUT2D eigenvalue weighted by Crippen LogP contribution is -2.07. The lowest BCUT2D eigenvalue weighted by atomic mass is 10.2. The first-order valence-corrected chi connectivity index (χ1v) is 5.53. The Labute approximate surface area is 90.6 Å². The van der Waals surface area contributed by atoms with Crippen LogP contribution in [0.4, 0.5) is 0 Å². The Kier molecular flexibility index (Phi) is 3.38. The van der Waals surface area contributed by atoms with Gasteiger partial charge in [-0.05, 0) is 18.6 Å². The molecule has 2 heteroatoms. The van der Waals surface area contributed by atoms with Gasteiger partial charge in [0.05, 0.1) is 5.03 Å². The summed E-state index contributed by atoms with van der Waals surface area (Å²) in [5.41, 5.74) is 2.16. The maximum atomic E-state index is 4.52. The zero-order chi connectivity index (χ0) is 10.8. The Morgan fingerprint density at radius 3 is 2.43 bits per heavy atom. The number of aromatic nitrogens is 1. The molecule has 0 fully saturated rings. The van der Waals surface area contributed by atoms with Crippen molar-refractivity contribution in [2.24, 2.45) is 0 Å². The summed E-state index contributed by atoms with van der Waals surface area (Å²) in [6.07, 6.45) is 1.84. The van der Waals surface area contributed by atoms with Crippen molar-refractivity contribution in [2.45, 2.75) is 37.5 Å². The second-order valence-electron chi connectivity index (χ2n) is 4.24. The smallest absolute Gasteiger partial charge is 0.0968 e. The summed E-state index contributed by atoms with van der Waals surface area (Å²) >= 11 is 1.79. The van der Waals surface area contributed by atoms with E-state index in [-0.39, 0.29) is 4.75 Å². The van der Waals surface area contributed by atoms with Crippen molar-refractivity contribution in [1.82, 2.24) is 4.98 Å². The zero-order valence-electron chi connectivity index (χ0n) is 9.29. The van der Waals surface area contributed by atoms with Gasteiger partial charge in [0.15, 0.2) is 0 Å². The van der Waals surface area contributed by atoms with Gasteiger partial charge in [-0.1, -0.05) is 39.5 Å². The van der Waals surface area contributed by atoms with Crippen LogP contribution in [0.15, 0.2) is 23.7 Å². The van der Waals surface area contributed by atoms with E-state index in [2.05, 4.69) is 44.5 Å². The van der Waals surface area contributed by atoms with E-state index in [1.807, 2.05) is 13.0 Å². The van der Waals surface area contributed by atoms with Crippen LogP contribution >= 0.6 is 11.8 Å². The number of pyridine rings is 1. The topological polar surface area (TPSA) is 12.9 Å². The third-order valence-corrected chi connectivity index (χ3v) is 2.78. The van der Waals surface area contributed by atoms with Crippen LogP contribution < -0.4 is 0 Å². The first kappa shape index (κ1) is 11.3. The van der Waals surface area contributed by atoms with Crippen molar-refractivity contribution in [1.29, 1.82) is 0 Å². The van der Waals surface area contributed by atoms with Gasteiger partial charge < -0.3 is 0 Å². The number of hydrogen-bond acceptors (Lipinski definition) is 2. The van der Waals surface area contributed by atoms with Crippen LogP contribution in [-0.2, 0) is 0 Å². The molecule has 1 rings (SSSR count). The SMILES string of the molecule is C=Cc1ccc(SC(C)(C)C)nc1C. The third-order valence-electron chi connectivity index (χ3n) is 1.73. The number of aryl methyl sites for hydroxylation is 1. The Morgan fingerprint density at radius 2 is 2.00 bits per heavy atom. The highest BCUT2D eigenvalue weighted by Crippen LogP contribution is 2.30. The second-order valence-corrected chi connectivity index (χ2v) is 6.09. The highest BCUT2D eigenvalue weighted by Gasteiger charge is 2.13. The quantitative estimate of drug-likeness (QED) is 0.682. The van der Waals surface area contributed by atoms with Gasteiger partial charge in [-0.25, -0.2) is 4.98 Å². The minimum atomic E-state index is 0.217. The summed E-state index contributed by atoms with van der Waals surface area (Å²) in [4.78, 5) is 4.52. The number of rotatable bonds is 2. The van der Waals surface area contributed by atoms with Crippen LogP contribution in [0.25, 0.3) is 6.08 Å². The molecule has 14 heavy (non-hydrogen) atoms. The summed E-state index contributed by atoms with van der Waals surface area (Å²) < 4.78 is 0.217. The summed E-state index contributed by atoms with van der Waals surface area (Å²) in [7, 11) is 0. The molecular weight excluding hydrogens is 190 g/mol. The minimum absolute atomic E-state index is 0.217. The highest BCUT2D eigenvalue weighted by molar-refractivity contribution is 8.00. The molecule has 0 atom stereocenters. The Balaban J connectivity index is 2.92. The van der Waals surface area contributed by atoms with Crippen molar-refractivity contribution in [3.8, 4) is 0 Å². The van der Waals surface area contributed by atoms with Gasteiger partial charge in [-0.15, -0.1) is 11.8 Å². The van der Waals surface area contributed by atoms with E-state index in [0.29, 0.717) is 0 Å². The minimum Gasteiger partial charge on any atom is -0.246 e. The normalized spacial score (nSPS) is 11.4. The van der Waals surface area contributed by atoms with Crippen molar-refractivity contribution in [3.05, 3.63) is 30.0 Å². The van der Waals surface area contributed by atoms with E-state index >= 15 is 0 Å². The van der Waals surface area contributed by atoms with Gasteiger partial charge in [0, 0.05) is 10.4 Å². The van der Waals surface area contributed by atoms with E-state index in [0.717, 1.165) is 16.3 Å². The van der Waals surface area contributed by atoms with E-state index < -0.39 is 0 Å². The van der Waals surface area contributed by atoms with Crippen LogP contribution in [0.5, 0.6) is 0 Å². The molecule has 0 radical (unpaired) electrons. The molecule has 0 N–H and O–H groups in total. The van der Waals surface area contributed by atoms with Gasteiger partial charge in [-0.2, -0.15) is 0 Å². The van der Waals surface area contributed by atoms with Crippen LogP contribution in [0.1, 0.15) is 32.0 Å². The molecule has 0 saturated heterocycles. The largest absolute Gasteiger partial charge is 0.246 e. The third kappa shape index (κ3) is 3.18. The van der Waals surface area contributed by atoms with Crippen molar-refractivity contribution < 1.29 is 0 Å². The molecule has 0 amide bonds. The van der Waals surface area contributed by atoms with Gasteiger partial charge >= 0.3 is 0 Å². The van der Waals surface area contributed by atoms with E-state index in [9.17, 15) is 0 Å². The number of thioether (sulfide) groups is 1. The molecule has 0 spiro atoms. The first-order valence-electron chi connectivity index (χ1n) is 4.71. The molecule has 0 bridgehead atoms. The molecule has 1 nitrogen and oxygen atoms in total. The summed E-state index contributed by atoms with van der Waals surface area (Å²) in [6, 6.07) is 4.13. The molecule has 0 aliphatic carbocycles. The average molecular weight is 207 g/mol. The Bertz CT molecular complexity index is 337. The Morgan fingerprint density at radius 1 is 1.36 bits per heavy atom. The van der Waals surface area contributed by atoms with E-state index in [1.165, 1.54) is 0 Å². The fraction of sp³-hybridized carbons (Fsp3) is 0.417. The maximum absolute atomic E-state index is 4.52. The van der Waals surface area contributed by atoms with Crippen LogP contribution in [0.3, 0.4) is 0 Å². The van der Waals surface area contributed by atoms with Crippen molar-refractivity contribution in [2.75, 3.05) is 0 Å². The van der Waals surface area contributed by atoms with Gasteiger partial charge in [0.1, 0.15) is 0 Å². The Hall–Kier alpha value is -0.760. The van der Waals surface area contributed by atoms with Crippen molar-refractivity contribution in [3.63, 3.8) is 0 Å². The zero-order valence-corrected chi connectivity index (χ0v) is 10.1. The molecule has 0 unspecified atom stereocenters. The molecule has 76 valence electrons. The number of hydrogen-bond donors (Lipinski definition) is 0. The average Bonchev–Trinajstić information content (AvgIpc) is 2.01. The van der Waals surface area contributed by atoms with Gasteiger partial charge in [0.2, 0.25) is 0 Å². The molecule has 1 aromatic rings. The van der Waals surface area contributed by atoms with Crippen LogP contribution in [0, 0.1) is 6.92 Å². The predicted molar refractivity (Wildman–Crippen MR) is 64.7 cm³/mol. The first-order chi connectivity index (χ1) is 6.42. The van der Waals surface area contributed by atoms with Crippen molar-refractivity contribution >= 4 is 17.8 Å². The molecule has 0 saturated carbocycles. The van der Waals surface area contributed by atoms with Gasteiger partial charge in [0.25, 0.3) is 0 Å². The molecular formula is C12H17NS. The highest BCUT2D eigenvalue weighted by atomic mass is 32.2. The van der Waals surface area contributed by atoms with Crippen LogP contribution in [-0.4, -0.2) is 9.73 Å². The van der Waals surface area contributed by atoms with Crippen LogP contribution in [0.2, 0.25) is 0 Å². The molecule has 1 aromatic heterocycles. The lowest BCUT2D eigenvalue weighted by Gasteiger charge is -2.17. The summed E-state index contributed by atoms with van der Waals surface area (Å²) in [6.45, 7) is 12.3. The monoisotopic (exact) mass is 207 g/mol. The summed E-state index contributed by atoms with van der Waals surface area (Å²) in [5.74, 6) is 0. The summed E-state index contributed by atoms with van der Waals surface area (Å²) in [5, 5.41) is 1.08. The van der Waals surface area contributed by atoms with Gasteiger partial charge in [-0.3, -0.25) is 0 Å². The molecule has 0 aromatic carbocycles. The molecule has 0 aliphatic rings. The predicted octanol–water partition coefficient (Wildman–Crippen LogP) is 3.92.